The van der Waals surface area contributed by atoms with Crippen LogP contribution in [-0.2, 0) is 20.7 Å². The second kappa shape index (κ2) is 9.21. The molecule has 1 heterocycles. The molecule has 0 fully saturated rings. The van der Waals surface area contributed by atoms with Gasteiger partial charge in [0.15, 0.2) is 0 Å². The van der Waals surface area contributed by atoms with Crippen molar-refractivity contribution in [1.82, 2.24) is 5.32 Å². The van der Waals surface area contributed by atoms with Crippen LogP contribution in [0.5, 0.6) is 5.75 Å². The predicted octanol–water partition coefficient (Wildman–Crippen LogP) is 2.67. The minimum absolute atomic E-state index is 0.0538. The van der Waals surface area contributed by atoms with E-state index in [2.05, 4.69) is 16.6 Å². The van der Waals surface area contributed by atoms with Crippen molar-refractivity contribution in [2.75, 3.05) is 13.7 Å². The van der Waals surface area contributed by atoms with Crippen LogP contribution in [-0.4, -0.2) is 31.6 Å². The molecule has 1 atom stereocenters. The topological polar surface area (TPSA) is 94.8 Å². The van der Waals surface area contributed by atoms with Crippen LogP contribution in [0, 0.1) is 6.92 Å². The Morgan fingerprint density at radius 1 is 1.32 bits per heavy atom. The Morgan fingerprint density at radius 2 is 2.04 bits per heavy atom. The first-order valence-corrected chi connectivity index (χ1v) is 8.93. The third kappa shape index (κ3) is 5.22. The quantitative estimate of drug-likeness (QED) is 0.425. The van der Waals surface area contributed by atoms with Crippen molar-refractivity contribution < 1.29 is 23.5 Å². The molecule has 2 aromatic rings. The molecule has 150 valence electrons. The number of carbonyl (C=O) groups excluding carboxylic acids is 2. The van der Waals surface area contributed by atoms with E-state index in [0.29, 0.717) is 23.5 Å². The molecule has 0 saturated heterocycles. The fourth-order valence-electron chi connectivity index (χ4n) is 2.75. The van der Waals surface area contributed by atoms with Crippen LogP contribution in [0.3, 0.4) is 0 Å². The van der Waals surface area contributed by atoms with Crippen LogP contribution in [0.1, 0.15) is 31.4 Å². The Bertz CT molecular complexity index is 959. The van der Waals surface area contributed by atoms with E-state index in [1.165, 1.54) is 14.0 Å². The maximum atomic E-state index is 12.4. The average molecular weight is 387 g/mol. The van der Waals surface area contributed by atoms with Gasteiger partial charge in [0.2, 0.25) is 5.91 Å². The highest BCUT2D eigenvalue weighted by atomic mass is 16.5. The van der Waals surface area contributed by atoms with E-state index < -0.39 is 17.6 Å². The maximum absolute atomic E-state index is 12.4. The van der Waals surface area contributed by atoms with Gasteiger partial charge < -0.3 is 19.2 Å². The summed E-state index contributed by atoms with van der Waals surface area (Å²) in [7, 11) is 1.25. The molecule has 1 unspecified atom stereocenters. The summed E-state index contributed by atoms with van der Waals surface area (Å²) in [6.45, 7) is 9.38. The second-order valence-electron chi connectivity index (χ2n) is 6.71. The molecule has 0 radical (unpaired) electrons. The number of hydrogen-bond donors (Lipinski definition) is 1. The van der Waals surface area contributed by atoms with Crippen molar-refractivity contribution in [2.45, 2.75) is 39.7 Å². The van der Waals surface area contributed by atoms with Gasteiger partial charge in [-0.2, -0.15) is 0 Å². The van der Waals surface area contributed by atoms with Crippen molar-refractivity contribution in [2.24, 2.45) is 0 Å². The molecule has 1 amide bonds. The van der Waals surface area contributed by atoms with Gasteiger partial charge in [-0.15, -0.1) is 0 Å². The summed E-state index contributed by atoms with van der Waals surface area (Å²) >= 11 is 0. The van der Waals surface area contributed by atoms with Gasteiger partial charge in [-0.3, -0.25) is 4.79 Å². The Labute approximate surface area is 163 Å². The third-order valence-corrected chi connectivity index (χ3v) is 4.28. The van der Waals surface area contributed by atoms with Crippen molar-refractivity contribution in [1.29, 1.82) is 0 Å². The van der Waals surface area contributed by atoms with Gasteiger partial charge in [-0.05, 0) is 50.5 Å². The minimum Gasteiger partial charge on any atom is -0.489 e. The number of nitrogens with one attached hydrogen (secondary N) is 1. The molecule has 0 saturated carbocycles. The van der Waals surface area contributed by atoms with Gasteiger partial charge in [0.05, 0.1) is 7.11 Å². The molecule has 0 aliphatic carbocycles. The van der Waals surface area contributed by atoms with E-state index in [9.17, 15) is 14.4 Å². The Balaban J connectivity index is 2.16. The van der Waals surface area contributed by atoms with Gasteiger partial charge in [-0.1, -0.05) is 6.58 Å². The molecule has 1 N–H and O–H groups in total. The van der Waals surface area contributed by atoms with Gasteiger partial charge in [0, 0.05) is 23.4 Å². The zero-order valence-electron chi connectivity index (χ0n) is 16.6. The van der Waals surface area contributed by atoms with Crippen molar-refractivity contribution >= 4 is 22.8 Å². The summed E-state index contributed by atoms with van der Waals surface area (Å²) in [6.07, 6.45) is 0.260. The molecule has 7 nitrogen and oxygen atoms in total. The molecule has 1 aromatic heterocycles. The van der Waals surface area contributed by atoms with Crippen LogP contribution in [0.25, 0.3) is 11.0 Å². The van der Waals surface area contributed by atoms with Crippen LogP contribution in [0.2, 0.25) is 0 Å². The molecule has 28 heavy (non-hydrogen) atoms. The van der Waals surface area contributed by atoms with E-state index in [0.717, 1.165) is 16.5 Å². The van der Waals surface area contributed by atoms with Crippen LogP contribution in [0.4, 0.5) is 0 Å². The Kier molecular flexibility index (Phi) is 6.98. The van der Waals surface area contributed by atoms with E-state index in [1.54, 1.807) is 12.1 Å². The monoisotopic (exact) mass is 387 g/mol. The Hall–Kier alpha value is -3.09. The molecule has 0 aliphatic heterocycles. The van der Waals surface area contributed by atoms with E-state index in [-0.39, 0.29) is 18.7 Å². The number of carbonyl (C=O) groups is 2. The number of benzene rings is 1. The number of rotatable bonds is 8. The fraction of sp³-hybridized carbons (Fsp3) is 0.381. The van der Waals surface area contributed by atoms with Crippen molar-refractivity contribution in [3.05, 3.63) is 51.9 Å². The molecule has 7 heteroatoms. The number of methoxy groups -OCH3 is 1. The highest BCUT2D eigenvalue weighted by Gasteiger charge is 2.17. The molecule has 0 bridgehead atoms. The first kappa shape index (κ1) is 21.2. The average Bonchev–Trinajstić information content (AvgIpc) is 2.65. The van der Waals surface area contributed by atoms with Crippen LogP contribution < -0.4 is 15.7 Å². The third-order valence-electron chi connectivity index (χ3n) is 4.28. The summed E-state index contributed by atoms with van der Waals surface area (Å²) < 4.78 is 15.6. The smallest absolute Gasteiger partial charge is 0.339 e. The summed E-state index contributed by atoms with van der Waals surface area (Å²) in [6, 6.07) is 4.54. The highest BCUT2D eigenvalue weighted by molar-refractivity contribution is 5.85. The second-order valence-corrected chi connectivity index (χ2v) is 6.71. The van der Waals surface area contributed by atoms with Crippen LogP contribution in [0.15, 0.2) is 39.6 Å². The minimum atomic E-state index is -0.746. The number of amides is 1. The number of fused-ring (bicyclic) bond motifs is 1. The Morgan fingerprint density at radius 3 is 2.68 bits per heavy atom. The van der Waals surface area contributed by atoms with Crippen molar-refractivity contribution in [3.8, 4) is 5.75 Å². The summed E-state index contributed by atoms with van der Waals surface area (Å²) in [5, 5.41) is 3.32. The maximum Gasteiger partial charge on any atom is 0.339 e. The summed E-state index contributed by atoms with van der Waals surface area (Å²) in [5.41, 5.74) is 2.01. The zero-order chi connectivity index (χ0) is 20.8. The summed E-state index contributed by atoms with van der Waals surface area (Å²) in [5.74, 6) is -0.290. The SMILES string of the molecule is C=C(C)COc1ccc2c(C)c(CCC(=O)NC(C)C(=O)OC)c(=O)oc2c1. The predicted molar refractivity (Wildman–Crippen MR) is 105 cm³/mol. The van der Waals surface area contributed by atoms with E-state index in [4.69, 9.17) is 9.15 Å². The first-order chi connectivity index (χ1) is 13.2. The number of esters is 1. The lowest BCUT2D eigenvalue weighted by molar-refractivity contribution is -0.144. The normalized spacial score (nSPS) is 11.7. The molecule has 0 spiro atoms. The fourth-order valence-corrected chi connectivity index (χ4v) is 2.75. The van der Waals surface area contributed by atoms with Crippen molar-refractivity contribution in [3.63, 3.8) is 0 Å². The number of aryl methyl sites for hydroxylation is 1. The van der Waals surface area contributed by atoms with E-state index in [1.807, 2.05) is 19.9 Å². The summed E-state index contributed by atoms with van der Waals surface area (Å²) in [4.78, 5) is 35.8. The standard InChI is InChI=1S/C21H25NO6/c1-12(2)11-27-15-6-7-16-13(3)17(21(25)28-18(16)10-15)8-9-19(23)22-14(4)20(24)26-5/h6-7,10,14H,1,8-9,11H2,2-5H3,(H,22,23). The lowest BCUT2D eigenvalue weighted by Gasteiger charge is -2.12. The van der Waals surface area contributed by atoms with Gasteiger partial charge >= 0.3 is 11.6 Å². The lowest BCUT2D eigenvalue weighted by Crippen LogP contribution is -2.39. The molecule has 1 aromatic carbocycles. The highest BCUT2D eigenvalue weighted by Crippen LogP contribution is 2.25. The lowest BCUT2D eigenvalue weighted by atomic mass is 10.0. The van der Waals surface area contributed by atoms with Crippen LogP contribution >= 0.6 is 0 Å². The van der Waals surface area contributed by atoms with E-state index >= 15 is 0 Å². The largest absolute Gasteiger partial charge is 0.489 e. The van der Waals surface area contributed by atoms with Gasteiger partial charge in [-0.25, -0.2) is 9.59 Å². The number of ether oxygens (including phenoxy) is 2. The van der Waals surface area contributed by atoms with Gasteiger partial charge in [0.25, 0.3) is 0 Å². The zero-order valence-corrected chi connectivity index (χ0v) is 16.6. The van der Waals surface area contributed by atoms with Gasteiger partial charge in [0.1, 0.15) is 24.0 Å². The number of hydrogen-bond acceptors (Lipinski definition) is 6. The molecule has 2 rings (SSSR count). The molecular weight excluding hydrogens is 362 g/mol. The first-order valence-electron chi connectivity index (χ1n) is 8.93. The molecular formula is C21H25NO6. The molecule has 0 aliphatic rings.